The number of aliphatic imine (C=N–C) groups is 1. The Labute approximate surface area is 164 Å². The van der Waals surface area contributed by atoms with Crippen molar-refractivity contribution in [2.24, 2.45) is 4.99 Å². The second kappa shape index (κ2) is 10.6. The smallest absolute Gasteiger partial charge is 0.191 e. The van der Waals surface area contributed by atoms with Gasteiger partial charge in [-0.3, -0.25) is 4.99 Å². The Morgan fingerprint density at radius 1 is 1.15 bits per heavy atom. The van der Waals surface area contributed by atoms with Gasteiger partial charge in [-0.25, -0.2) is 4.39 Å². The minimum atomic E-state index is -0.191. The number of hydrogen-bond acceptors (Lipinski definition) is 3. The van der Waals surface area contributed by atoms with Crippen molar-refractivity contribution in [2.45, 2.75) is 32.1 Å². The van der Waals surface area contributed by atoms with Crippen LogP contribution in [0.1, 0.15) is 32.3 Å². The SMILES string of the molecule is CN=C(NCCCCN1CCN(C)CC1)NCC(C)(C)c1cccc(F)c1. The van der Waals surface area contributed by atoms with Crippen molar-refractivity contribution in [1.82, 2.24) is 20.4 Å². The highest BCUT2D eigenvalue weighted by Gasteiger charge is 2.21. The Balaban J connectivity index is 1.65. The predicted molar refractivity (Wildman–Crippen MR) is 112 cm³/mol. The molecule has 6 heteroatoms. The topological polar surface area (TPSA) is 42.9 Å². The van der Waals surface area contributed by atoms with E-state index in [4.69, 9.17) is 0 Å². The summed E-state index contributed by atoms with van der Waals surface area (Å²) in [5, 5.41) is 6.76. The zero-order chi connectivity index (χ0) is 19.7. The summed E-state index contributed by atoms with van der Waals surface area (Å²) in [7, 11) is 3.98. The summed E-state index contributed by atoms with van der Waals surface area (Å²) in [5.74, 6) is 0.613. The van der Waals surface area contributed by atoms with E-state index in [9.17, 15) is 4.39 Å². The van der Waals surface area contributed by atoms with Crippen LogP contribution in [0.4, 0.5) is 4.39 Å². The van der Waals surface area contributed by atoms with Gasteiger partial charge in [0.2, 0.25) is 0 Å². The van der Waals surface area contributed by atoms with Crippen molar-refractivity contribution in [1.29, 1.82) is 0 Å². The molecule has 0 radical (unpaired) electrons. The first kappa shape index (κ1) is 21.6. The van der Waals surface area contributed by atoms with E-state index in [-0.39, 0.29) is 11.2 Å². The number of likely N-dealkylation sites (N-methyl/N-ethyl adjacent to an activating group) is 1. The summed E-state index contributed by atoms with van der Waals surface area (Å²) in [6.07, 6.45) is 2.32. The number of nitrogens with zero attached hydrogens (tertiary/aromatic N) is 3. The molecule has 0 spiro atoms. The first-order valence-electron chi connectivity index (χ1n) is 10.0. The predicted octanol–water partition coefficient (Wildman–Crippen LogP) is 2.30. The number of nitrogens with one attached hydrogen (secondary N) is 2. The van der Waals surface area contributed by atoms with Crippen molar-refractivity contribution >= 4 is 5.96 Å². The molecule has 0 amide bonds. The Kier molecular flexibility index (Phi) is 8.51. The molecule has 1 aromatic carbocycles. The molecule has 0 unspecified atom stereocenters. The molecule has 27 heavy (non-hydrogen) atoms. The van der Waals surface area contributed by atoms with Crippen molar-refractivity contribution < 1.29 is 4.39 Å². The molecule has 2 rings (SSSR count). The van der Waals surface area contributed by atoms with E-state index < -0.39 is 0 Å². The van der Waals surface area contributed by atoms with Gasteiger partial charge in [-0.1, -0.05) is 26.0 Å². The third-order valence-electron chi connectivity index (χ3n) is 5.32. The molecule has 152 valence electrons. The molecule has 0 saturated carbocycles. The van der Waals surface area contributed by atoms with Crippen LogP contribution in [0.15, 0.2) is 29.3 Å². The first-order chi connectivity index (χ1) is 12.9. The first-order valence-corrected chi connectivity index (χ1v) is 10.0. The molecule has 0 bridgehead atoms. The van der Waals surface area contributed by atoms with Gasteiger partial charge < -0.3 is 20.4 Å². The van der Waals surface area contributed by atoms with E-state index in [0.29, 0.717) is 6.54 Å². The van der Waals surface area contributed by atoms with E-state index in [1.54, 1.807) is 19.2 Å². The van der Waals surface area contributed by atoms with Crippen LogP contribution in [0, 0.1) is 5.82 Å². The lowest BCUT2D eigenvalue weighted by molar-refractivity contribution is 0.152. The lowest BCUT2D eigenvalue weighted by Crippen LogP contribution is -2.45. The summed E-state index contributed by atoms with van der Waals surface area (Å²) in [6.45, 7) is 11.7. The molecule has 1 aliphatic heterocycles. The summed E-state index contributed by atoms with van der Waals surface area (Å²) in [5.41, 5.74) is 0.804. The van der Waals surface area contributed by atoms with Gasteiger partial charge >= 0.3 is 0 Å². The largest absolute Gasteiger partial charge is 0.356 e. The van der Waals surface area contributed by atoms with Gasteiger partial charge in [-0.2, -0.15) is 0 Å². The molecule has 0 atom stereocenters. The maximum atomic E-state index is 13.5. The van der Waals surface area contributed by atoms with Crippen LogP contribution >= 0.6 is 0 Å². The van der Waals surface area contributed by atoms with Gasteiger partial charge in [0.05, 0.1) is 0 Å². The van der Waals surface area contributed by atoms with Crippen LogP contribution in [0.2, 0.25) is 0 Å². The van der Waals surface area contributed by atoms with Crippen LogP contribution in [0.5, 0.6) is 0 Å². The summed E-state index contributed by atoms with van der Waals surface area (Å²) >= 11 is 0. The molecule has 1 heterocycles. The Morgan fingerprint density at radius 2 is 1.89 bits per heavy atom. The molecule has 1 fully saturated rings. The molecular weight excluding hydrogens is 341 g/mol. The molecule has 0 aliphatic carbocycles. The summed E-state index contributed by atoms with van der Waals surface area (Å²) in [6, 6.07) is 6.82. The number of guanidine groups is 1. The number of benzene rings is 1. The summed E-state index contributed by atoms with van der Waals surface area (Å²) < 4.78 is 13.5. The van der Waals surface area contributed by atoms with Crippen molar-refractivity contribution in [3.8, 4) is 0 Å². The van der Waals surface area contributed by atoms with Crippen LogP contribution in [0.25, 0.3) is 0 Å². The van der Waals surface area contributed by atoms with E-state index in [1.165, 1.54) is 45.2 Å². The highest BCUT2D eigenvalue weighted by Crippen LogP contribution is 2.22. The minimum absolute atomic E-state index is 0.179. The fourth-order valence-corrected chi connectivity index (χ4v) is 3.28. The fourth-order valence-electron chi connectivity index (χ4n) is 3.28. The zero-order valence-electron chi connectivity index (χ0n) is 17.4. The lowest BCUT2D eigenvalue weighted by Gasteiger charge is -2.32. The second-order valence-electron chi connectivity index (χ2n) is 8.10. The fraction of sp³-hybridized carbons (Fsp3) is 0.667. The Hall–Kier alpha value is -1.66. The molecule has 5 nitrogen and oxygen atoms in total. The maximum absolute atomic E-state index is 13.5. The van der Waals surface area contributed by atoms with E-state index >= 15 is 0 Å². The Morgan fingerprint density at radius 3 is 2.56 bits per heavy atom. The Bertz CT molecular complexity index is 594. The zero-order valence-corrected chi connectivity index (χ0v) is 17.4. The summed E-state index contributed by atoms with van der Waals surface area (Å²) in [4.78, 5) is 9.24. The third-order valence-corrected chi connectivity index (χ3v) is 5.32. The standard InChI is InChI=1S/C21H36FN5/c1-21(2,18-8-7-9-19(22)16-18)17-25-20(23-3)24-10-5-6-11-27-14-12-26(4)13-15-27/h7-9,16H,5-6,10-15,17H2,1-4H3,(H2,23,24,25). The van der Waals surface area contributed by atoms with E-state index in [0.717, 1.165) is 24.5 Å². The van der Waals surface area contributed by atoms with Crippen molar-refractivity contribution in [3.63, 3.8) is 0 Å². The lowest BCUT2D eigenvalue weighted by atomic mass is 9.84. The van der Waals surface area contributed by atoms with Crippen LogP contribution < -0.4 is 10.6 Å². The van der Waals surface area contributed by atoms with Gasteiger partial charge in [0.25, 0.3) is 0 Å². The number of piperazine rings is 1. The average Bonchev–Trinajstić information content (AvgIpc) is 2.65. The van der Waals surface area contributed by atoms with Crippen LogP contribution in [-0.4, -0.2) is 75.7 Å². The van der Waals surface area contributed by atoms with Gasteiger partial charge in [-0.15, -0.1) is 0 Å². The van der Waals surface area contributed by atoms with Crippen molar-refractivity contribution in [2.75, 3.05) is 59.9 Å². The number of unbranched alkanes of at least 4 members (excludes halogenated alkanes) is 1. The van der Waals surface area contributed by atoms with Crippen molar-refractivity contribution in [3.05, 3.63) is 35.6 Å². The number of hydrogen-bond donors (Lipinski definition) is 2. The molecule has 2 N–H and O–H groups in total. The minimum Gasteiger partial charge on any atom is -0.356 e. The number of halogens is 1. The average molecular weight is 378 g/mol. The maximum Gasteiger partial charge on any atom is 0.191 e. The second-order valence-corrected chi connectivity index (χ2v) is 8.10. The molecule has 1 aliphatic rings. The van der Waals surface area contributed by atoms with Crippen LogP contribution in [-0.2, 0) is 5.41 Å². The monoisotopic (exact) mass is 377 g/mol. The van der Waals surface area contributed by atoms with E-state index in [1.807, 2.05) is 6.07 Å². The highest BCUT2D eigenvalue weighted by molar-refractivity contribution is 5.79. The molecule has 1 aromatic rings. The van der Waals surface area contributed by atoms with E-state index in [2.05, 4.69) is 46.3 Å². The quantitative estimate of drug-likeness (QED) is 0.414. The highest BCUT2D eigenvalue weighted by atomic mass is 19.1. The van der Waals surface area contributed by atoms with Gasteiger partial charge in [-0.05, 0) is 44.1 Å². The van der Waals surface area contributed by atoms with Gasteiger partial charge in [0, 0.05) is 51.7 Å². The molecule has 1 saturated heterocycles. The molecule has 0 aromatic heterocycles. The van der Waals surface area contributed by atoms with Gasteiger partial charge in [0.15, 0.2) is 5.96 Å². The van der Waals surface area contributed by atoms with Crippen LogP contribution in [0.3, 0.4) is 0 Å². The normalized spacial score (nSPS) is 17.1. The molecular formula is C21H36FN5. The number of rotatable bonds is 8. The third kappa shape index (κ3) is 7.46. The van der Waals surface area contributed by atoms with Gasteiger partial charge in [0.1, 0.15) is 5.82 Å².